The summed E-state index contributed by atoms with van der Waals surface area (Å²) in [7, 11) is 0. The van der Waals surface area contributed by atoms with Crippen molar-refractivity contribution in [3.63, 3.8) is 0 Å². The lowest BCUT2D eigenvalue weighted by molar-refractivity contribution is 0.0960. The zero-order chi connectivity index (χ0) is 17.9. The van der Waals surface area contributed by atoms with Gasteiger partial charge in [-0.15, -0.1) is 0 Å². The molecule has 2 aliphatic rings. The van der Waals surface area contributed by atoms with Gasteiger partial charge < -0.3 is 10.0 Å². The van der Waals surface area contributed by atoms with Gasteiger partial charge in [0.15, 0.2) is 0 Å². The van der Waals surface area contributed by atoms with Crippen molar-refractivity contribution >= 4 is 0 Å². The maximum atomic E-state index is 9.58. The van der Waals surface area contributed by atoms with E-state index in [1.165, 1.54) is 12.8 Å². The predicted octanol–water partition coefficient (Wildman–Crippen LogP) is 4.76. The van der Waals surface area contributed by atoms with E-state index >= 15 is 0 Å². The summed E-state index contributed by atoms with van der Waals surface area (Å²) in [5.74, 6) is 4.22. The molecule has 2 nitrogen and oxygen atoms in total. The van der Waals surface area contributed by atoms with Crippen molar-refractivity contribution < 1.29 is 5.11 Å². The van der Waals surface area contributed by atoms with Crippen LogP contribution in [0.1, 0.15) is 54.4 Å². The van der Waals surface area contributed by atoms with Crippen LogP contribution in [0, 0.1) is 35.5 Å². The van der Waals surface area contributed by atoms with Crippen molar-refractivity contribution in [2.24, 2.45) is 35.5 Å². The van der Waals surface area contributed by atoms with E-state index in [4.69, 9.17) is 0 Å². The third-order valence-corrected chi connectivity index (χ3v) is 6.55. The van der Waals surface area contributed by atoms with Crippen molar-refractivity contribution in [1.29, 1.82) is 0 Å². The van der Waals surface area contributed by atoms with Crippen molar-refractivity contribution in [3.05, 3.63) is 23.3 Å². The first kappa shape index (κ1) is 19.7. The van der Waals surface area contributed by atoms with E-state index in [2.05, 4.69) is 58.6 Å². The van der Waals surface area contributed by atoms with E-state index in [-0.39, 0.29) is 6.61 Å². The van der Waals surface area contributed by atoms with E-state index in [1.807, 2.05) is 0 Å². The Morgan fingerprint density at radius 2 is 1.29 bits per heavy atom. The molecule has 1 N–H and O–H groups in total. The standard InChI is InChI=1S/C22H39NO/c1-15-9-17(3)21(18(4)10-15)13-23(7-8-24)14-22-19(5)11-16(2)12-20(22)6/h9,11,17-22,24H,7-8,10,12-14H2,1-6H3/t17-,18-,19-,20+,21-,22+/m0/s1. The van der Waals surface area contributed by atoms with Crippen LogP contribution in [0.3, 0.4) is 0 Å². The molecule has 0 saturated carbocycles. The molecule has 2 rings (SSSR count). The first-order valence-corrected chi connectivity index (χ1v) is 9.99. The zero-order valence-electron chi connectivity index (χ0n) is 16.8. The number of allylic oxidation sites excluding steroid dienone is 4. The van der Waals surface area contributed by atoms with Crippen LogP contribution in [-0.2, 0) is 0 Å². The Hall–Kier alpha value is -0.600. The summed E-state index contributed by atoms with van der Waals surface area (Å²) in [4.78, 5) is 2.55. The molecule has 0 spiro atoms. The number of aliphatic hydroxyl groups is 1. The number of hydrogen-bond acceptors (Lipinski definition) is 2. The molecule has 2 heteroatoms. The summed E-state index contributed by atoms with van der Waals surface area (Å²) in [5, 5.41) is 9.58. The SMILES string of the molecule is CC1=C[C@H](C)[C@@H](CN(CCO)C[C@H]2[C@@H](C)C=C(C)C[C@@H]2C)[C@H](C)C1. The highest BCUT2D eigenvalue weighted by Crippen LogP contribution is 2.36. The third kappa shape index (κ3) is 4.95. The quantitative estimate of drug-likeness (QED) is 0.709. The number of rotatable bonds is 6. The summed E-state index contributed by atoms with van der Waals surface area (Å²) in [6, 6.07) is 0. The molecule has 0 aromatic rings. The molecule has 6 atom stereocenters. The fourth-order valence-corrected chi connectivity index (χ4v) is 5.32. The molecule has 0 unspecified atom stereocenters. The van der Waals surface area contributed by atoms with Crippen LogP contribution in [0.15, 0.2) is 23.3 Å². The topological polar surface area (TPSA) is 23.5 Å². The Labute approximate surface area is 150 Å². The largest absolute Gasteiger partial charge is 0.395 e. The maximum absolute atomic E-state index is 9.58. The molecule has 138 valence electrons. The number of hydrogen-bond donors (Lipinski definition) is 1. The fraction of sp³-hybridized carbons (Fsp3) is 0.818. The van der Waals surface area contributed by atoms with E-state index in [0.717, 1.165) is 31.5 Å². The van der Waals surface area contributed by atoms with Crippen LogP contribution in [0.2, 0.25) is 0 Å². The molecule has 0 aromatic heterocycles. The van der Waals surface area contributed by atoms with Crippen molar-refractivity contribution in [2.75, 3.05) is 26.2 Å². The van der Waals surface area contributed by atoms with Gasteiger partial charge >= 0.3 is 0 Å². The van der Waals surface area contributed by atoms with Crippen molar-refractivity contribution in [2.45, 2.75) is 54.4 Å². The Morgan fingerprint density at radius 1 is 0.875 bits per heavy atom. The van der Waals surface area contributed by atoms with Crippen molar-refractivity contribution in [3.8, 4) is 0 Å². The van der Waals surface area contributed by atoms with Gasteiger partial charge in [-0.2, -0.15) is 0 Å². The molecule has 0 heterocycles. The van der Waals surface area contributed by atoms with Gasteiger partial charge in [0.25, 0.3) is 0 Å². The monoisotopic (exact) mass is 333 g/mol. The Balaban J connectivity index is 2.04. The average molecular weight is 334 g/mol. The minimum Gasteiger partial charge on any atom is -0.395 e. The molecule has 2 aliphatic carbocycles. The van der Waals surface area contributed by atoms with E-state index < -0.39 is 0 Å². The van der Waals surface area contributed by atoms with Crippen LogP contribution in [0.4, 0.5) is 0 Å². The lowest BCUT2D eigenvalue weighted by Crippen LogP contribution is -2.43. The number of aliphatic hydroxyl groups excluding tert-OH is 1. The lowest BCUT2D eigenvalue weighted by Gasteiger charge is -2.41. The second-order valence-electron chi connectivity index (χ2n) is 8.92. The molecular weight excluding hydrogens is 294 g/mol. The van der Waals surface area contributed by atoms with Crippen LogP contribution in [0.25, 0.3) is 0 Å². The maximum Gasteiger partial charge on any atom is 0.0558 e. The molecule has 0 aromatic carbocycles. The molecular formula is C22H39NO. The molecule has 0 aliphatic heterocycles. The lowest BCUT2D eigenvalue weighted by atomic mass is 9.73. The second kappa shape index (κ2) is 8.67. The smallest absolute Gasteiger partial charge is 0.0558 e. The highest BCUT2D eigenvalue weighted by Gasteiger charge is 2.32. The number of nitrogens with zero attached hydrogens (tertiary/aromatic N) is 1. The summed E-state index contributed by atoms with van der Waals surface area (Å²) in [5.41, 5.74) is 3.10. The predicted molar refractivity (Wildman–Crippen MR) is 104 cm³/mol. The second-order valence-corrected chi connectivity index (χ2v) is 8.92. The fourth-order valence-electron chi connectivity index (χ4n) is 5.32. The van der Waals surface area contributed by atoms with Crippen LogP contribution >= 0.6 is 0 Å². The minimum absolute atomic E-state index is 0.273. The Kier molecular flexibility index (Phi) is 7.12. The summed E-state index contributed by atoms with van der Waals surface area (Å²) >= 11 is 0. The van der Waals surface area contributed by atoms with Crippen LogP contribution in [0.5, 0.6) is 0 Å². The molecule has 0 bridgehead atoms. The summed E-state index contributed by atoms with van der Waals surface area (Å²) in [6.07, 6.45) is 7.42. The first-order chi connectivity index (χ1) is 11.3. The molecule has 0 amide bonds. The average Bonchev–Trinajstić information content (AvgIpc) is 2.46. The third-order valence-electron chi connectivity index (χ3n) is 6.55. The van der Waals surface area contributed by atoms with Gasteiger partial charge in [0.1, 0.15) is 0 Å². The highest BCUT2D eigenvalue weighted by molar-refractivity contribution is 5.10. The Morgan fingerprint density at radius 3 is 1.62 bits per heavy atom. The Bertz CT molecular complexity index is 427. The van der Waals surface area contributed by atoms with Gasteiger partial charge in [-0.25, -0.2) is 0 Å². The summed E-state index contributed by atoms with van der Waals surface area (Å²) in [6.45, 7) is 17.5. The van der Waals surface area contributed by atoms with Gasteiger partial charge in [-0.1, -0.05) is 51.0 Å². The van der Waals surface area contributed by atoms with Gasteiger partial charge in [0.05, 0.1) is 6.61 Å². The van der Waals surface area contributed by atoms with Crippen molar-refractivity contribution in [1.82, 2.24) is 4.90 Å². The first-order valence-electron chi connectivity index (χ1n) is 9.99. The van der Waals surface area contributed by atoms with Crippen LogP contribution in [-0.4, -0.2) is 36.2 Å². The normalized spacial score (nSPS) is 37.3. The van der Waals surface area contributed by atoms with Crippen LogP contribution < -0.4 is 0 Å². The highest BCUT2D eigenvalue weighted by atomic mass is 16.3. The minimum atomic E-state index is 0.273. The zero-order valence-corrected chi connectivity index (χ0v) is 16.8. The molecule has 0 fully saturated rings. The molecule has 0 saturated heterocycles. The summed E-state index contributed by atoms with van der Waals surface area (Å²) < 4.78 is 0. The van der Waals surface area contributed by atoms with E-state index in [0.29, 0.717) is 23.7 Å². The van der Waals surface area contributed by atoms with Gasteiger partial charge in [0.2, 0.25) is 0 Å². The van der Waals surface area contributed by atoms with Gasteiger partial charge in [-0.05, 0) is 62.2 Å². The van der Waals surface area contributed by atoms with Gasteiger partial charge in [-0.3, -0.25) is 0 Å². The molecule has 0 radical (unpaired) electrons. The van der Waals surface area contributed by atoms with E-state index in [1.54, 1.807) is 11.1 Å². The van der Waals surface area contributed by atoms with E-state index in [9.17, 15) is 5.11 Å². The molecule has 24 heavy (non-hydrogen) atoms. The van der Waals surface area contributed by atoms with Gasteiger partial charge in [0, 0.05) is 19.6 Å².